The van der Waals surface area contributed by atoms with Gasteiger partial charge in [0.15, 0.2) is 0 Å². The van der Waals surface area contributed by atoms with Crippen molar-refractivity contribution in [2.45, 2.75) is 13.0 Å². The number of esters is 1. The Morgan fingerprint density at radius 3 is 2.69 bits per heavy atom. The predicted molar refractivity (Wildman–Crippen MR) is 125 cm³/mol. The summed E-state index contributed by atoms with van der Waals surface area (Å²) in [5.41, 5.74) is 9.47. The fourth-order valence-electron chi connectivity index (χ4n) is 3.70. The lowest BCUT2D eigenvalue weighted by Gasteiger charge is -2.11. The number of pyridine rings is 1. The summed E-state index contributed by atoms with van der Waals surface area (Å²) in [7, 11) is 1.15. The van der Waals surface area contributed by atoms with Gasteiger partial charge >= 0.3 is 5.97 Å². The molecule has 0 radical (unpaired) electrons. The van der Waals surface area contributed by atoms with E-state index in [4.69, 9.17) is 10.6 Å². The molecule has 1 saturated carbocycles. The average Bonchev–Trinajstić information content (AvgIpc) is 3.63. The van der Waals surface area contributed by atoms with Crippen molar-refractivity contribution >= 4 is 23.4 Å². The van der Waals surface area contributed by atoms with E-state index in [-0.39, 0.29) is 41.0 Å². The van der Waals surface area contributed by atoms with Gasteiger partial charge in [0.05, 0.1) is 25.6 Å². The molecule has 2 aromatic carbocycles. The van der Waals surface area contributed by atoms with E-state index >= 15 is 0 Å². The van der Waals surface area contributed by atoms with Crippen LogP contribution in [0.2, 0.25) is 0 Å². The summed E-state index contributed by atoms with van der Waals surface area (Å²) in [4.78, 5) is 33.8. The summed E-state index contributed by atoms with van der Waals surface area (Å²) >= 11 is 0. The molecular formula is C25H24F2N4O4. The first kappa shape index (κ1) is 24.1. The average molecular weight is 482 g/mol. The molecule has 8 nitrogen and oxygen atoms in total. The number of nitrogen functional groups attached to an aromatic ring is 1. The van der Waals surface area contributed by atoms with Crippen molar-refractivity contribution in [3.05, 3.63) is 77.5 Å². The molecule has 4 rings (SSSR count). The van der Waals surface area contributed by atoms with Crippen LogP contribution in [0.5, 0.6) is 0 Å². The third-order valence-corrected chi connectivity index (χ3v) is 5.75. The highest BCUT2D eigenvalue weighted by Gasteiger charge is 2.43. The lowest BCUT2D eigenvalue weighted by molar-refractivity contribution is -0.122. The zero-order chi connectivity index (χ0) is 24.9. The number of methoxy groups -OCH3 is 1. The first-order chi connectivity index (χ1) is 16.9. The van der Waals surface area contributed by atoms with Gasteiger partial charge in [-0.1, -0.05) is 24.3 Å². The Morgan fingerprint density at radius 2 is 1.97 bits per heavy atom. The number of ether oxygens (including phenoxy) is 1. The van der Waals surface area contributed by atoms with Crippen LogP contribution in [0.3, 0.4) is 0 Å². The Labute approximate surface area is 200 Å². The summed E-state index contributed by atoms with van der Waals surface area (Å²) in [6.45, 7) is 0.332. The molecule has 35 heavy (non-hydrogen) atoms. The number of anilines is 2. The van der Waals surface area contributed by atoms with Crippen LogP contribution in [0.4, 0.5) is 20.3 Å². The van der Waals surface area contributed by atoms with E-state index in [9.17, 15) is 18.4 Å². The van der Waals surface area contributed by atoms with Crippen molar-refractivity contribution in [3.8, 4) is 11.1 Å². The van der Waals surface area contributed by atoms with Crippen LogP contribution in [-0.4, -0.2) is 30.6 Å². The maximum Gasteiger partial charge on any atom is 0.341 e. The molecule has 1 heterocycles. The van der Waals surface area contributed by atoms with E-state index < -0.39 is 17.6 Å². The molecule has 0 saturated heterocycles. The van der Waals surface area contributed by atoms with Crippen molar-refractivity contribution in [3.63, 3.8) is 0 Å². The third kappa shape index (κ3) is 5.72. The van der Waals surface area contributed by atoms with Crippen LogP contribution in [0.1, 0.15) is 22.3 Å². The van der Waals surface area contributed by atoms with Gasteiger partial charge in [-0.3, -0.25) is 15.1 Å². The quantitative estimate of drug-likeness (QED) is 0.315. The minimum atomic E-state index is -0.849. The third-order valence-electron chi connectivity index (χ3n) is 5.75. The summed E-state index contributed by atoms with van der Waals surface area (Å²) in [6.07, 6.45) is 2.21. The SMILES string of the molecule is COC(=O)c1c(F)cccc1-c1ccc(CNC(=O)C2CC2CONc2ccc(N)nc2)c(F)c1. The van der Waals surface area contributed by atoms with Crippen molar-refractivity contribution < 1.29 is 27.9 Å². The van der Waals surface area contributed by atoms with Gasteiger partial charge in [-0.15, -0.1) is 0 Å². The molecule has 0 bridgehead atoms. The zero-order valence-electron chi connectivity index (χ0n) is 18.9. The number of rotatable bonds is 9. The largest absolute Gasteiger partial charge is 0.465 e. The van der Waals surface area contributed by atoms with Crippen molar-refractivity contribution in [1.82, 2.24) is 10.3 Å². The van der Waals surface area contributed by atoms with E-state index in [1.807, 2.05) is 0 Å². The number of aromatic nitrogens is 1. The molecule has 2 atom stereocenters. The Hall–Kier alpha value is -4.05. The molecule has 10 heteroatoms. The summed E-state index contributed by atoms with van der Waals surface area (Å²) in [6, 6.07) is 11.7. The van der Waals surface area contributed by atoms with Crippen molar-refractivity contribution in [2.75, 3.05) is 24.9 Å². The number of carbonyl (C=O) groups excluding carboxylic acids is 2. The van der Waals surface area contributed by atoms with Crippen LogP contribution in [0.25, 0.3) is 11.1 Å². The number of nitrogens with one attached hydrogen (secondary N) is 2. The summed E-state index contributed by atoms with van der Waals surface area (Å²) in [5.74, 6) is -2.12. The molecule has 0 spiro atoms. The standard InChI is InChI=1S/C25H24F2N4O4/c1-34-25(33)23-18(3-2-4-20(23)26)14-5-6-15(21(27)10-14)11-30-24(32)19-9-16(19)13-35-31-17-7-8-22(28)29-12-17/h2-8,10,12,16,19,31H,9,11,13H2,1H3,(H2,28,29)(H,30,32). The highest BCUT2D eigenvalue weighted by molar-refractivity contribution is 5.97. The van der Waals surface area contributed by atoms with E-state index in [2.05, 4.69) is 20.5 Å². The first-order valence-electron chi connectivity index (χ1n) is 10.9. The van der Waals surface area contributed by atoms with Crippen LogP contribution in [0, 0.1) is 23.5 Å². The van der Waals surface area contributed by atoms with Gasteiger partial charge in [0.1, 0.15) is 23.0 Å². The van der Waals surface area contributed by atoms with E-state index in [0.717, 1.165) is 13.2 Å². The molecule has 1 aliphatic rings. The highest BCUT2D eigenvalue weighted by Crippen LogP contribution is 2.39. The summed E-state index contributed by atoms with van der Waals surface area (Å²) in [5, 5.41) is 2.74. The van der Waals surface area contributed by atoms with Gasteiger partial charge in [0.25, 0.3) is 0 Å². The number of benzene rings is 2. The minimum absolute atomic E-state index is 0.00259. The number of nitrogens with zero attached hydrogens (tertiary/aromatic N) is 1. The Balaban J connectivity index is 1.30. The predicted octanol–water partition coefficient (Wildman–Crippen LogP) is 3.69. The molecule has 1 aromatic heterocycles. The van der Waals surface area contributed by atoms with Crippen molar-refractivity contribution in [2.24, 2.45) is 11.8 Å². The number of amides is 1. The molecule has 4 N–H and O–H groups in total. The second-order valence-electron chi connectivity index (χ2n) is 8.17. The van der Waals surface area contributed by atoms with Gasteiger partial charge in [0, 0.05) is 18.0 Å². The van der Waals surface area contributed by atoms with Gasteiger partial charge in [0.2, 0.25) is 5.91 Å². The highest BCUT2D eigenvalue weighted by atomic mass is 19.1. The van der Waals surface area contributed by atoms with Gasteiger partial charge in [-0.25, -0.2) is 18.6 Å². The molecule has 1 fully saturated rings. The number of hydrogen-bond acceptors (Lipinski definition) is 7. The number of nitrogens with two attached hydrogens (primary N) is 1. The molecule has 0 aliphatic heterocycles. The summed E-state index contributed by atoms with van der Waals surface area (Å²) < 4.78 is 33.6. The molecule has 182 valence electrons. The van der Waals surface area contributed by atoms with Gasteiger partial charge < -0.3 is 15.8 Å². The Morgan fingerprint density at radius 1 is 1.14 bits per heavy atom. The molecule has 1 aliphatic carbocycles. The van der Waals surface area contributed by atoms with Crippen LogP contribution < -0.4 is 16.5 Å². The van der Waals surface area contributed by atoms with E-state index in [0.29, 0.717) is 30.1 Å². The zero-order valence-corrected chi connectivity index (χ0v) is 18.9. The monoisotopic (exact) mass is 482 g/mol. The first-order valence-corrected chi connectivity index (χ1v) is 10.9. The molecule has 2 unspecified atom stereocenters. The molecule has 3 aromatic rings. The van der Waals surface area contributed by atoms with Gasteiger partial charge in [-0.05, 0) is 47.7 Å². The fraction of sp³-hybridized carbons (Fsp3) is 0.240. The van der Waals surface area contributed by atoms with E-state index in [1.54, 1.807) is 18.2 Å². The Bertz CT molecular complexity index is 1240. The Kier molecular flexibility index (Phi) is 7.21. The van der Waals surface area contributed by atoms with Crippen molar-refractivity contribution in [1.29, 1.82) is 0 Å². The second-order valence-corrected chi connectivity index (χ2v) is 8.17. The lowest BCUT2D eigenvalue weighted by atomic mass is 9.98. The number of carbonyl (C=O) groups is 2. The van der Waals surface area contributed by atoms with Gasteiger partial charge in [-0.2, -0.15) is 0 Å². The topological polar surface area (TPSA) is 116 Å². The number of halogens is 2. The van der Waals surface area contributed by atoms with Crippen LogP contribution >= 0.6 is 0 Å². The lowest BCUT2D eigenvalue weighted by Crippen LogP contribution is -2.26. The number of hydrogen-bond donors (Lipinski definition) is 3. The van der Waals surface area contributed by atoms with E-state index in [1.165, 1.54) is 30.5 Å². The minimum Gasteiger partial charge on any atom is -0.465 e. The van der Waals surface area contributed by atoms with Crippen LogP contribution in [0.15, 0.2) is 54.7 Å². The fourth-order valence-corrected chi connectivity index (χ4v) is 3.70. The maximum atomic E-state index is 14.7. The molecule has 1 amide bonds. The normalized spacial score (nSPS) is 16.4. The smallest absolute Gasteiger partial charge is 0.341 e. The second kappa shape index (κ2) is 10.5. The molecular weight excluding hydrogens is 458 g/mol. The van der Waals surface area contributed by atoms with Crippen LogP contribution in [-0.2, 0) is 20.9 Å². The maximum absolute atomic E-state index is 14.7.